The molecule has 0 radical (unpaired) electrons. The molecule has 0 N–H and O–H groups in total. The molecule has 16 heavy (non-hydrogen) atoms. The Labute approximate surface area is 101 Å². The molecule has 0 aliphatic heterocycles. The zero-order valence-electron chi connectivity index (χ0n) is 11.3. The van der Waals surface area contributed by atoms with Gasteiger partial charge < -0.3 is 0 Å². The molecule has 1 heteroatoms. The molecule has 0 amide bonds. The van der Waals surface area contributed by atoms with E-state index in [-0.39, 0.29) is 5.41 Å². The van der Waals surface area contributed by atoms with Crippen molar-refractivity contribution in [1.29, 1.82) is 5.26 Å². The summed E-state index contributed by atoms with van der Waals surface area (Å²) in [6.07, 6.45) is 9.83. The van der Waals surface area contributed by atoms with Gasteiger partial charge in [-0.1, -0.05) is 40.0 Å². The molecule has 1 fully saturated rings. The Bertz CT molecular complexity index is 228. The lowest BCUT2D eigenvalue weighted by molar-refractivity contribution is 0.187. The summed E-state index contributed by atoms with van der Waals surface area (Å²) in [7, 11) is 0. The molecule has 0 bridgehead atoms. The van der Waals surface area contributed by atoms with Gasteiger partial charge in [-0.2, -0.15) is 5.26 Å². The lowest BCUT2D eigenvalue weighted by atomic mass is 9.68. The molecule has 1 aliphatic carbocycles. The van der Waals surface area contributed by atoms with Gasteiger partial charge in [0.05, 0.1) is 11.5 Å². The fourth-order valence-corrected chi connectivity index (χ4v) is 2.90. The van der Waals surface area contributed by atoms with Gasteiger partial charge in [-0.3, -0.25) is 0 Å². The summed E-state index contributed by atoms with van der Waals surface area (Å²) in [6.45, 7) is 6.82. The minimum Gasteiger partial charge on any atom is -0.198 e. The molecule has 0 saturated heterocycles. The first-order valence-corrected chi connectivity index (χ1v) is 7.03. The highest BCUT2D eigenvalue weighted by molar-refractivity contribution is 5.01. The van der Waals surface area contributed by atoms with Gasteiger partial charge in [0.1, 0.15) is 0 Å². The highest BCUT2D eigenvalue weighted by Gasteiger charge is 2.34. The summed E-state index contributed by atoms with van der Waals surface area (Å²) >= 11 is 0. The smallest absolute Gasteiger partial charge is 0.0689 e. The van der Waals surface area contributed by atoms with Crippen LogP contribution in [-0.4, -0.2) is 0 Å². The first-order chi connectivity index (χ1) is 7.62. The number of nitriles is 1. The van der Waals surface area contributed by atoms with E-state index in [1.54, 1.807) is 0 Å². The third-order valence-electron chi connectivity index (χ3n) is 4.31. The number of rotatable bonds is 5. The van der Waals surface area contributed by atoms with Gasteiger partial charge in [0.15, 0.2) is 0 Å². The molecule has 0 unspecified atom stereocenters. The maximum absolute atomic E-state index is 9.42. The first-order valence-electron chi connectivity index (χ1n) is 7.03. The van der Waals surface area contributed by atoms with Crippen molar-refractivity contribution in [2.75, 3.05) is 0 Å². The summed E-state index contributed by atoms with van der Waals surface area (Å²) in [5.74, 6) is 1.68. The van der Waals surface area contributed by atoms with Crippen LogP contribution in [0, 0.1) is 28.6 Å². The normalized spacial score (nSPS) is 30.3. The SMILES string of the molecule is CCC1CCC(C#N)(CCCC(C)C)CC1. The quantitative estimate of drug-likeness (QED) is 0.646. The molecule has 0 aromatic heterocycles. The predicted octanol–water partition coefficient (Wildman–Crippen LogP) is 4.92. The van der Waals surface area contributed by atoms with Crippen molar-refractivity contribution in [3.63, 3.8) is 0 Å². The summed E-state index contributed by atoms with van der Waals surface area (Å²) in [6, 6.07) is 2.64. The van der Waals surface area contributed by atoms with E-state index in [1.807, 2.05) is 0 Å². The van der Waals surface area contributed by atoms with Crippen molar-refractivity contribution in [3.8, 4) is 6.07 Å². The van der Waals surface area contributed by atoms with Crippen LogP contribution in [0.2, 0.25) is 0 Å². The molecule has 1 rings (SSSR count). The third-order valence-corrected chi connectivity index (χ3v) is 4.31. The van der Waals surface area contributed by atoms with Crippen molar-refractivity contribution < 1.29 is 0 Å². The lowest BCUT2D eigenvalue weighted by Gasteiger charge is -2.34. The number of nitrogens with zero attached hydrogens (tertiary/aromatic N) is 1. The summed E-state index contributed by atoms with van der Waals surface area (Å²) in [5, 5.41) is 9.42. The van der Waals surface area contributed by atoms with Gasteiger partial charge in [-0.15, -0.1) is 0 Å². The summed E-state index contributed by atoms with van der Waals surface area (Å²) < 4.78 is 0. The molecule has 1 nitrogen and oxygen atoms in total. The van der Waals surface area contributed by atoms with Gasteiger partial charge in [0.25, 0.3) is 0 Å². The summed E-state index contributed by atoms with van der Waals surface area (Å²) in [4.78, 5) is 0. The first kappa shape index (κ1) is 13.6. The molecule has 0 aromatic carbocycles. The fraction of sp³-hybridized carbons (Fsp3) is 0.933. The van der Waals surface area contributed by atoms with Crippen LogP contribution in [0.5, 0.6) is 0 Å². The van der Waals surface area contributed by atoms with Crippen LogP contribution >= 0.6 is 0 Å². The topological polar surface area (TPSA) is 23.8 Å². The molecular weight excluding hydrogens is 194 g/mol. The Balaban J connectivity index is 2.38. The van der Waals surface area contributed by atoms with Crippen LogP contribution in [0.4, 0.5) is 0 Å². The van der Waals surface area contributed by atoms with Crippen LogP contribution in [0.3, 0.4) is 0 Å². The average Bonchev–Trinajstić information content (AvgIpc) is 2.29. The Morgan fingerprint density at radius 3 is 2.38 bits per heavy atom. The molecule has 1 saturated carbocycles. The molecule has 1 aliphatic rings. The van der Waals surface area contributed by atoms with Crippen LogP contribution in [-0.2, 0) is 0 Å². The number of hydrogen-bond acceptors (Lipinski definition) is 1. The third kappa shape index (κ3) is 3.81. The fourth-order valence-electron chi connectivity index (χ4n) is 2.90. The van der Waals surface area contributed by atoms with Gasteiger partial charge in [0.2, 0.25) is 0 Å². The minimum absolute atomic E-state index is 0.0422. The molecule has 0 heterocycles. The van der Waals surface area contributed by atoms with Gasteiger partial charge in [-0.05, 0) is 43.9 Å². The molecular formula is C15H27N. The molecule has 0 atom stereocenters. The zero-order chi connectivity index (χ0) is 12.0. The maximum Gasteiger partial charge on any atom is 0.0689 e. The van der Waals surface area contributed by atoms with E-state index in [9.17, 15) is 5.26 Å². The van der Waals surface area contributed by atoms with Crippen molar-refractivity contribution in [3.05, 3.63) is 0 Å². The zero-order valence-corrected chi connectivity index (χ0v) is 11.3. The largest absolute Gasteiger partial charge is 0.198 e. The minimum atomic E-state index is 0.0422. The van der Waals surface area contributed by atoms with Crippen molar-refractivity contribution in [1.82, 2.24) is 0 Å². The van der Waals surface area contributed by atoms with E-state index in [1.165, 1.54) is 32.1 Å². The Kier molecular flexibility index (Phi) is 5.32. The average molecular weight is 221 g/mol. The highest BCUT2D eigenvalue weighted by Crippen LogP contribution is 2.43. The number of hydrogen-bond donors (Lipinski definition) is 0. The lowest BCUT2D eigenvalue weighted by Crippen LogP contribution is -2.26. The second-order valence-electron chi connectivity index (χ2n) is 6.03. The second kappa shape index (κ2) is 6.28. The predicted molar refractivity (Wildman–Crippen MR) is 69.0 cm³/mol. The van der Waals surface area contributed by atoms with E-state index in [0.717, 1.165) is 31.1 Å². The maximum atomic E-state index is 9.42. The van der Waals surface area contributed by atoms with Crippen LogP contribution in [0.15, 0.2) is 0 Å². The van der Waals surface area contributed by atoms with E-state index in [4.69, 9.17) is 0 Å². The standard InChI is InChI=1S/C15H27N/c1-4-14-7-10-15(12-16,11-8-14)9-5-6-13(2)3/h13-14H,4-11H2,1-3H3. The molecule has 92 valence electrons. The van der Waals surface area contributed by atoms with Crippen molar-refractivity contribution in [2.24, 2.45) is 17.3 Å². The van der Waals surface area contributed by atoms with E-state index in [0.29, 0.717) is 0 Å². The Morgan fingerprint density at radius 1 is 1.31 bits per heavy atom. The van der Waals surface area contributed by atoms with Gasteiger partial charge in [-0.25, -0.2) is 0 Å². The van der Waals surface area contributed by atoms with Crippen LogP contribution < -0.4 is 0 Å². The van der Waals surface area contributed by atoms with Crippen molar-refractivity contribution in [2.45, 2.75) is 72.1 Å². The highest BCUT2D eigenvalue weighted by atomic mass is 14.4. The van der Waals surface area contributed by atoms with Gasteiger partial charge >= 0.3 is 0 Å². The van der Waals surface area contributed by atoms with Crippen LogP contribution in [0.25, 0.3) is 0 Å². The Hall–Kier alpha value is -0.510. The Morgan fingerprint density at radius 2 is 1.94 bits per heavy atom. The van der Waals surface area contributed by atoms with E-state index < -0.39 is 0 Å². The van der Waals surface area contributed by atoms with Crippen molar-refractivity contribution >= 4 is 0 Å². The van der Waals surface area contributed by atoms with Gasteiger partial charge in [0, 0.05) is 0 Å². The summed E-state index contributed by atoms with van der Waals surface area (Å²) in [5.41, 5.74) is 0.0422. The van der Waals surface area contributed by atoms with Crippen LogP contribution in [0.1, 0.15) is 72.1 Å². The van der Waals surface area contributed by atoms with E-state index in [2.05, 4.69) is 26.8 Å². The molecule has 0 spiro atoms. The van der Waals surface area contributed by atoms with E-state index >= 15 is 0 Å². The second-order valence-corrected chi connectivity index (χ2v) is 6.03. The monoisotopic (exact) mass is 221 g/mol. The molecule has 0 aromatic rings.